The molecule has 0 heterocycles. The minimum Gasteiger partial charge on any atom is -0.397 e. The van der Waals surface area contributed by atoms with Crippen LogP contribution in [0.25, 0.3) is 0 Å². The van der Waals surface area contributed by atoms with Crippen LogP contribution in [-0.2, 0) is 36.9 Å². The fraction of sp³-hybridized carbons (Fsp3) is 0.167. The van der Waals surface area contributed by atoms with E-state index < -0.39 is 84.7 Å². The molecule has 4 rings (SSSR count). The number of ketones is 2. The molecule has 0 aromatic heterocycles. The van der Waals surface area contributed by atoms with Gasteiger partial charge in [-0.1, -0.05) is 0 Å². The summed E-state index contributed by atoms with van der Waals surface area (Å²) < 4.78 is 101. The Morgan fingerprint density at radius 2 is 1.34 bits per heavy atom. The number of fused-ring (bicyclic) bond motifs is 2. The third-order valence-electron chi connectivity index (χ3n) is 6.65. The molecular weight excluding hydrogens is 602 g/mol. The lowest BCUT2D eigenvalue weighted by Crippen LogP contribution is -2.25. The maximum absolute atomic E-state index is 13.7. The fourth-order valence-corrected chi connectivity index (χ4v) is 6.63. The van der Waals surface area contributed by atoms with E-state index >= 15 is 0 Å². The molecule has 0 spiro atoms. The molecule has 0 atom stereocenters. The smallest absolute Gasteiger partial charge is 0.296 e. The average Bonchev–Trinajstić information content (AvgIpc) is 2.84. The lowest BCUT2D eigenvalue weighted by atomic mass is 9.82. The summed E-state index contributed by atoms with van der Waals surface area (Å²) in [5.74, 6) is -1.98. The molecule has 0 bridgehead atoms. The third kappa shape index (κ3) is 5.23. The van der Waals surface area contributed by atoms with Crippen LogP contribution in [0.15, 0.2) is 45.0 Å². The highest BCUT2D eigenvalue weighted by molar-refractivity contribution is 7.86. The van der Waals surface area contributed by atoms with Gasteiger partial charge >= 0.3 is 0 Å². The Morgan fingerprint density at radius 1 is 0.756 bits per heavy atom. The second-order valence-electron chi connectivity index (χ2n) is 9.19. The minimum absolute atomic E-state index is 0.0105. The van der Waals surface area contributed by atoms with Crippen molar-refractivity contribution in [2.45, 2.75) is 35.1 Å². The second-order valence-corrected chi connectivity index (χ2v) is 13.4. The van der Waals surface area contributed by atoms with Crippen LogP contribution in [0.5, 0.6) is 0 Å². The number of rotatable bonds is 7. The average molecular weight is 626 g/mol. The zero-order valence-electron chi connectivity index (χ0n) is 21.5. The van der Waals surface area contributed by atoms with E-state index in [0.717, 1.165) is 24.3 Å². The number of hydrogen-bond acceptors (Lipinski definition) is 11. The van der Waals surface area contributed by atoms with Crippen molar-refractivity contribution in [1.29, 1.82) is 0 Å². The Kier molecular flexibility index (Phi) is 7.37. The number of hydrogen-bond donors (Lipinski definition) is 6. The molecule has 17 heteroatoms. The largest absolute Gasteiger partial charge is 0.397 e. The molecule has 3 aromatic carbocycles. The van der Waals surface area contributed by atoms with E-state index in [2.05, 4.69) is 10.6 Å². The normalized spacial score (nSPS) is 13.6. The predicted octanol–water partition coefficient (Wildman–Crippen LogP) is 1.86. The van der Waals surface area contributed by atoms with Crippen LogP contribution < -0.4 is 16.4 Å². The van der Waals surface area contributed by atoms with Crippen molar-refractivity contribution in [3.8, 4) is 0 Å². The Balaban J connectivity index is 2.10. The molecule has 7 N–H and O–H groups in total. The number of nitrogens with two attached hydrogens (primary N) is 1. The number of carbonyl (C=O) groups excluding carboxylic acids is 2. The summed E-state index contributed by atoms with van der Waals surface area (Å²) in [7, 11) is -13.1. The van der Waals surface area contributed by atoms with Gasteiger partial charge in [0.1, 0.15) is 4.90 Å². The first-order valence-corrected chi connectivity index (χ1v) is 15.8. The molecule has 3 aromatic rings. The molecule has 0 radical (unpaired) electrons. The maximum atomic E-state index is 13.7. The van der Waals surface area contributed by atoms with Gasteiger partial charge in [-0.25, -0.2) is 0 Å². The van der Waals surface area contributed by atoms with Gasteiger partial charge in [-0.15, -0.1) is 0 Å². The van der Waals surface area contributed by atoms with Crippen molar-refractivity contribution in [1.82, 2.24) is 5.32 Å². The fourth-order valence-electron chi connectivity index (χ4n) is 4.70. The Hall–Kier alpha value is -3.71. The van der Waals surface area contributed by atoms with Crippen LogP contribution in [0.4, 0.5) is 17.1 Å². The number of nitrogen functional groups attached to an aromatic ring is 1. The highest BCUT2D eigenvalue weighted by Crippen LogP contribution is 2.42. The van der Waals surface area contributed by atoms with E-state index in [4.69, 9.17) is 5.73 Å². The standard InChI is InChI=1S/C24H23N3O11S3/c1-10-12(9-26-3)6-17(40(33,34)35)11(2)22(10)27-16-8-18(41(36,37)38)21(25)20-19(16)24(29)15-7-13(39(30,31)32)4-5-14(15)23(20)28/h4-8,26-27H,9,25H2,1-3H3,(H,30,31,32)(H,33,34,35)(H,36,37,38). The lowest BCUT2D eigenvalue weighted by molar-refractivity contribution is 0.0980. The van der Waals surface area contributed by atoms with Gasteiger partial charge < -0.3 is 16.4 Å². The zero-order valence-corrected chi connectivity index (χ0v) is 24.0. The van der Waals surface area contributed by atoms with Crippen LogP contribution in [-0.4, -0.2) is 57.5 Å². The molecule has 1 aliphatic rings. The first kappa shape index (κ1) is 30.3. The quantitative estimate of drug-likeness (QED) is 0.127. The van der Waals surface area contributed by atoms with E-state index in [0.29, 0.717) is 11.1 Å². The van der Waals surface area contributed by atoms with Gasteiger partial charge in [-0.2, -0.15) is 25.3 Å². The van der Waals surface area contributed by atoms with Crippen molar-refractivity contribution in [3.63, 3.8) is 0 Å². The lowest BCUT2D eigenvalue weighted by Gasteiger charge is -2.25. The molecule has 0 aliphatic heterocycles. The van der Waals surface area contributed by atoms with Crippen molar-refractivity contribution in [3.05, 3.63) is 69.3 Å². The van der Waals surface area contributed by atoms with Crippen molar-refractivity contribution in [2.24, 2.45) is 0 Å². The van der Waals surface area contributed by atoms with Gasteiger partial charge in [0.15, 0.2) is 11.6 Å². The summed E-state index contributed by atoms with van der Waals surface area (Å²) in [5, 5.41) is 5.61. The Bertz CT molecular complexity index is 2020. The molecule has 14 nitrogen and oxygen atoms in total. The molecule has 0 saturated carbocycles. The van der Waals surface area contributed by atoms with E-state index in [-0.39, 0.29) is 23.4 Å². The zero-order chi connectivity index (χ0) is 30.8. The Morgan fingerprint density at radius 3 is 1.88 bits per heavy atom. The van der Waals surface area contributed by atoms with Gasteiger partial charge in [0.2, 0.25) is 0 Å². The summed E-state index contributed by atoms with van der Waals surface area (Å²) >= 11 is 0. The molecule has 0 amide bonds. The van der Waals surface area contributed by atoms with Gasteiger partial charge in [0.05, 0.1) is 32.3 Å². The molecular formula is C24H23N3O11S3. The van der Waals surface area contributed by atoms with Gasteiger partial charge in [-0.3, -0.25) is 23.2 Å². The summed E-state index contributed by atoms with van der Waals surface area (Å²) in [6.07, 6.45) is 0. The molecule has 0 unspecified atom stereocenters. The summed E-state index contributed by atoms with van der Waals surface area (Å²) in [6, 6.07) is 4.57. The van der Waals surface area contributed by atoms with E-state index in [1.807, 2.05) is 0 Å². The summed E-state index contributed by atoms with van der Waals surface area (Å²) in [6.45, 7) is 3.03. The highest BCUT2D eigenvalue weighted by atomic mass is 32.2. The van der Waals surface area contributed by atoms with Gasteiger partial charge in [0, 0.05) is 23.4 Å². The molecule has 1 aliphatic carbocycles. The maximum Gasteiger partial charge on any atom is 0.296 e. The van der Waals surface area contributed by atoms with Crippen molar-refractivity contribution in [2.75, 3.05) is 18.1 Å². The van der Waals surface area contributed by atoms with E-state index in [1.54, 1.807) is 14.0 Å². The topological polar surface area (TPSA) is 247 Å². The summed E-state index contributed by atoms with van der Waals surface area (Å²) in [4.78, 5) is 25.1. The second kappa shape index (κ2) is 9.98. The number of carbonyl (C=O) groups is 2. The van der Waals surface area contributed by atoms with Gasteiger partial charge in [0.25, 0.3) is 30.4 Å². The van der Waals surface area contributed by atoms with Crippen LogP contribution in [0.1, 0.15) is 48.5 Å². The molecule has 41 heavy (non-hydrogen) atoms. The summed E-state index contributed by atoms with van der Waals surface area (Å²) in [5.41, 5.74) is 3.66. The molecule has 0 fully saturated rings. The monoisotopic (exact) mass is 625 g/mol. The van der Waals surface area contributed by atoms with Crippen LogP contribution >= 0.6 is 0 Å². The molecule has 0 saturated heterocycles. The van der Waals surface area contributed by atoms with Crippen LogP contribution in [0.2, 0.25) is 0 Å². The predicted molar refractivity (Wildman–Crippen MR) is 146 cm³/mol. The first-order valence-electron chi connectivity index (χ1n) is 11.5. The van der Waals surface area contributed by atoms with Gasteiger partial charge in [-0.05, 0) is 67.9 Å². The van der Waals surface area contributed by atoms with Crippen LogP contribution in [0, 0.1) is 13.8 Å². The number of anilines is 3. The van der Waals surface area contributed by atoms with E-state index in [9.17, 15) is 48.5 Å². The highest BCUT2D eigenvalue weighted by Gasteiger charge is 2.37. The number of benzene rings is 3. The third-order valence-corrected chi connectivity index (χ3v) is 9.37. The molecule has 218 valence electrons. The van der Waals surface area contributed by atoms with Crippen LogP contribution in [0.3, 0.4) is 0 Å². The number of nitrogens with one attached hydrogen (secondary N) is 2. The van der Waals surface area contributed by atoms with Crippen molar-refractivity contribution < 1.29 is 48.5 Å². The first-order chi connectivity index (χ1) is 18.8. The van der Waals surface area contributed by atoms with E-state index in [1.165, 1.54) is 13.0 Å². The SMILES string of the molecule is CNCc1cc(S(=O)(=O)O)c(C)c(Nc2cc(S(=O)(=O)O)c(N)c3c2C(=O)c2cc(S(=O)(=O)O)ccc2C3=O)c1C. The Labute approximate surface area is 234 Å². The minimum atomic E-state index is -5.08. The van der Waals surface area contributed by atoms with Crippen molar-refractivity contribution >= 4 is 59.0 Å².